The van der Waals surface area contributed by atoms with E-state index in [1.807, 2.05) is 0 Å². The van der Waals surface area contributed by atoms with E-state index in [9.17, 15) is 0 Å². The fourth-order valence-electron chi connectivity index (χ4n) is 2.17. The van der Waals surface area contributed by atoms with Crippen LogP contribution in [0.2, 0.25) is 0 Å². The van der Waals surface area contributed by atoms with Crippen molar-refractivity contribution in [3.8, 4) is 0 Å². The molecule has 1 aromatic rings. The van der Waals surface area contributed by atoms with E-state index in [2.05, 4.69) is 50.5 Å². The molecule has 2 N–H and O–H groups in total. The second-order valence-electron chi connectivity index (χ2n) is 4.76. The Labute approximate surface area is 114 Å². The van der Waals surface area contributed by atoms with Crippen LogP contribution in [0.25, 0.3) is 0 Å². The maximum Gasteiger partial charge on any atom is 0.232 e. The first-order chi connectivity index (χ1) is 9.13. The summed E-state index contributed by atoms with van der Waals surface area (Å²) in [7, 11) is 2.13. The van der Waals surface area contributed by atoms with Crippen molar-refractivity contribution < 1.29 is 0 Å². The number of hydrogen-bond acceptors (Lipinski definition) is 7. The van der Waals surface area contributed by atoms with Crippen LogP contribution < -0.4 is 15.5 Å². The number of likely N-dealkylation sites (N-methyl/N-ethyl adjacent to an activating group) is 1. The average molecular weight is 265 g/mol. The number of piperazine rings is 1. The molecule has 0 aromatic carbocycles. The summed E-state index contributed by atoms with van der Waals surface area (Å²) < 4.78 is 0. The lowest BCUT2D eigenvalue weighted by Crippen LogP contribution is -2.45. The third-order valence-electron chi connectivity index (χ3n) is 3.46. The van der Waals surface area contributed by atoms with Gasteiger partial charge in [0.15, 0.2) is 0 Å². The van der Waals surface area contributed by atoms with E-state index >= 15 is 0 Å². The Morgan fingerprint density at radius 3 is 2.26 bits per heavy atom. The van der Waals surface area contributed by atoms with E-state index < -0.39 is 0 Å². The van der Waals surface area contributed by atoms with E-state index in [1.54, 1.807) is 0 Å². The molecule has 0 spiro atoms. The van der Waals surface area contributed by atoms with Crippen molar-refractivity contribution in [1.29, 1.82) is 0 Å². The van der Waals surface area contributed by atoms with E-state index in [-0.39, 0.29) is 0 Å². The van der Waals surface area contributed by atoms with Crippen LogP contribution in [0, 0.1) is 0 Å². The Bertz CT molecular complexity index is 411. The highest BCUT2D eigenvalue weighted by molar-refractivity contribution is 5.43. The van der Waals surface area contributed by atoms with E-state index in [4.69, 9.17) is 5.73 Å². The highest BCUT2D eigenvalue weighted by Crippen LogP contribution is 2.16. The first kappa shape index (κ1) is 13.8. The van der Waals surface area contributed by atoms with Crippen molar-refractivity contribution in [1.82, 2.24) is 19.9 Å². The van der Waals surface area contributed by atoms with Crippen molar-refractivity contribution in [3.63, 3.8) is 0 Å². The SMILES string of the molecule is CCN(CC)c1nc(N)nc(N2CCN(C)CC2)n1. The molecule has 7 heteroatoms. The van der Waals surface area contributed by atoms with Gasteiger partial charge in [-0.05, 0) is 20.9 Å². The van der Waals surface area contributed by atoms with Gasteiger partial charge in [0.05, 0.1) is 0 Å². The molecule has 7 nitrogen and oxygen atoms in total. The fourth-order valence-corrected chi connectivity index (χ4v) is 2.17. The molecule has 19 heavy (non-hydrogen) atoms. The number of nitrogens with zero attached hydrogens (tertiary/aromatic N) is 6. The van der Waals surface area contributed by atoms with Gasteiger partial charge >= 0.3 is 0 Å². The highest BCUT2D eigenvalue weighted by Gasteiger charge is 2.19. The monoisotopic (exact) mass is 265 g/mol. The van der Waals surface area contributed by atoms with Crippen LogP contribution in [0.3, 0.4) is 0 Å². The number of nitrogen functional groups attached to an aromatic ring is 1. The smallest absolute Gasteiger partial charge is 0.232 e. The third-order valence-corrected chi connectivity index (χ3v) is 3.46. The molecule has 1 fully saturated rings. The summed E-state index contributed by atoms with van der Waals surface area (Å²) in [5.41, 5.74) is 5.81. The van der Waals surface area contributed by atoms with Crippen LogP contribution in [-0.2, 0) is 0 Å². The van der Waals surface area contributed by atoms with Crippen LogP contribution in [0.5, 0.6) is 0 Å². The maximum absolute atomic E-state index is 5.81. The molecule has 0 bridgehead atoms. The minimum absolute atomic E-state index is 0.297. The quantitative estimate of drug-likeness (QED) is 0.824. The van der Waals surface area contributed by atoms with Gasteiger partial charge in [0.2, 0.25) is 17.8 Å². The summed E-state index contributed by atoms with van der Waals surface area (Å²) in [6.45, 7) is 9.79. The summed E-state index contributed by atoms with van der Waals surface area (Å²) in [6, 6.07) is 0. The van der Waals surface area contributed by atoms with Crippen molar-refractivity contribution in [2.75, 3.05) is 61.8 Å². The first-order valence-corrected chi connectivity index (χ1v) is 6.84. The van der Waals surface area contributed by atoms with Gasteiger partial charge in [0.25, 0.3) is 0 Å². The van der Waals surface area contributed by atoms with Crippen molar-refractivity contribution in [2.45, 2.75) is 13.8 Å². The van der Waals surface area contributed by atoms with Crippen LogP contribution in [0.4, 0.5) is 17.8 Å². The molecule has 0 atom stereocenters. The standard InChI is InChI=1S/C12H23N7/c1-4-18(5-2)11-14-10(13)15-12(16-11)19-8-6-17(3)7-9-19/h4-9H2,1-3H3,(H2,13,14,15,16). The van der Waals surface area contributed by atoms with Gasteiger partial charge in [-0.2, -0.15) is 15.0 Å². The Hall–Kier alpha value is -1.63. The summed E-state index contributed by atoms with van der Waals surface area (Å²) in [6.07, 6.45) is 0. The van der Waals surface area contributed by atoms with Crippen LogP contribution in [0.1, 0.15) is 13.8 Å². The maximum atomic E-state index is 5.81. The van der Waals surface area contributed by atoms with Gasteiger partial charge in [-0.15, -0.1) is 0 Å². The van der Waals surface area contributed by atoms with E-state index in [0.717, 1.165) is 39.3 Å². The lowest BCUT2D eigenvalue weighted by atomic mass is 10.3. The molecule has 0 amide bonds. The Morgan fingerprint density at radius 1 is 1.05 bits per heavy atom. The number of hydrogen-bond donors (Lipinski definition) is 1. The van der Waals surface area contributed by atoms with Crippen molar-refractivity contribution in [3.05, 3.63) is 0 Å². The van der Waals surface area contributed by atoms with Gasteiger partial charge < -0.3 is 20.4 Å². The average Bonchev–Trinajstić information content (AvgIpc) is 2.40. The Kier molecular flexibility index (Phi) is 4.36. The molecule has 0 radical (unpaired) electrons. The number of rotatable bonds is 4. The van der Waals surface area contributed by atoms with Crippen LogP contribution in [-0.4, -0.2) is 66.2 Å². The number of aromatic nitrogens is 3. The molecule has 0 unspecified atom stereocenters. The molecule has 1 aliphatic rings. The molecule has 0 saturated carbocycles. The lowest BCUT2D eigenvalue weighted by Gasteiger charge is -2.32. The highest BCUT2D eigenvalue weighted by atomic mass is 15.4. The van der Waals surface area contributed by atoms with Gasteiger partial charge in [-0.3, -0.25) is 0 Å². The van der Waals surface area contributed by atoms with Crippen molar-refractivity contribution in [2.24, 2.45) is 0 Å². The summed E-state index contributed by atoms with van der Waals surface area (Å²) in [5.74, 6) is 1.67. The largest absolute Gasteiger partial charge is 0.368 e. The molecule has 106 valence electrons. The topological polar surface area (TPSA) is 74.4 Å². The van der Waals surface area contributed by atoms with E-state index in [1.165, 1.54) is 0 Å². The molecule has 2 heterocycles. The molecule has 1 aromatic heterocycles. The second-order valence-corrected chi connectivity index (χ2v) is 4.76. The molecule has 1 saturated heterocycles. The fraction of sp³-hybridized carbons (Fsp3) is 0.750. The third kappa shape index (κ3) is 3.23. The number of anilines is 3. The van der Waals surface area contributed by atoms with Crippen LogP contribution in [0.15, 0.2) is 0 Å². The summed E-state index contributed by atoms with van der Waals surface area (Å²) in [4.78, 5) is 19.6. The predicted octanol–water partition coefficient (Wildman–Crippen LogP) is 0.0518. The Morgan fingerprint density at radius 2 is 1.68 bits per heavy atom. The van der Waals surface area contributed by atoms with Gasteiger partial charge in [0.1, 0.15) is 0 Å². The number of nitrogens with two attached hydrogens (primary N) is 1. The summed E-state index contributed by atoms with van der Waals surface area (Å²) in [5, 5.41) is 0. The van der Waals surface area contributed by atoms with Gasteiger partial charge in [-0.1, -0.05) is 0 Å². The second kappa shape index (κ2) is 6.01. The normalized spacial score (nSPS) is 16.7. The zero-order valence-electron chi connectivity index (χ0n) is 12.0. The van der Waals surface area contributed by atoms with E-state index in [0.29, 0.717) is 17.8 Å². The lowest BCUT2D eigenvalue weighted by molar-refractivity contribution is 0.311. The predicted molar refractivity (Wildman–Crippen MR) is 77.5 cm³/mol. The van der Waals surface area contributed by atoms with Crippen molar-refractivity contribution >= 4 is 17.8 Å². The minimum atomic E-state index is 0.297. The van der Waals surface area contributed by atoms with Gasteiger partial charge in [0, 0.05) is 39.3 Å². The first-order valence-electron chi connectivity index (χ1n) is 6.84. The van der Waals surface area contributed by atoms with Crippen LogP contribution >= 0.6 is 0 Å². The molecule has 2 rings (SSSR count). The molecule has 1 aliphatic heterocycles. The Balaban J connectivity index is 2.21. The molecular weight excluding hydrogens is 242 g/mol. The minimum Gasteiger partial charge on any atom is -0.368 e. The van der Waals surface area contributed by atoms with Gasteiger partial charge in [-0.25, -0.2) is 0 Å². The summed E-state index contributed by atoms with van der Waals surface area (Å²) >= 11 is 0. The zero-order chi connectivity index (χ0) is 13.8. The molecule has 0 aliphatic carbocycles. The zero-order valence-corrected chi connectivity index (χ0v) is 12.0. The molecular formula is C12H23N7.